The Morgan fingerprint density at radius 3 is 2.87 bits per heavy atom. The zero-order chi connectivity index (χ0) is 11.0. The molecule has 1 aliphatic carbocycles. The number of amides is 1. The van der Waals surface area contributed by atoms with Crippen molar-refractivity contribution in [2.75, 3.05) is 0 Å². The average Bonchev–Trinajstić information content (AvgIpc) is 2.17. The van der Waals surface area contributed by atoms with Crippen LogP contribution in [0.15, 0.2) is 40.4 Å². The van der Waals surface area contributed by atoms with E-state index in [1.54, 1.807) is 12.2 Å². The van der Waals surface area contributed by atoms with E-state index >= 15 is 0 Å². The summed E-state index contributed by atoms with van der Waals surface area (Å²) in [5.41, 5.74) is 1.57. The molecule has 1 unspecified atom stereocenters. The lowest BCUT2D eigenvalue weighted by Gasteiger charge is -2.20. The zero-order valence-electron chi connectivity index (χ0n) is 8.10. The first-order valence-electron chi connectivity index (χ1n) is 4.52. The first-order chi connectivity index (χ1) is 7.08. The fourth-order valence-electron chi connectivity index (χ4n) is 1.66. The molecule has 0 saturated heterocycles. The highest BCUT2D eigenvalue weighted by atomic mass is 16.4. The van der Waals surface area contributed by atoms with E-state index in [2.05, 4.69) is 4.99 Å². The first-order valence-corrected chi connectivity index (χ1v) is 4.52. The van der Waals surface area contributed by atoms with E-state index in [9.17, 15) is 9.59 Å². The number of carbonyl (C=O) groups excluding carboxylic acids is 1. The van der Waals surface area contributed by atoms with Crippen LogP contribution in [-0.2, 0) is 9.59 Å². The van der Waals surface area contributed by atoms with Gasteiger partial charge in [-0.15, -0.1) is 0 Å². The van der Waals surface area contributed by atoms with E-state index in [1.165, 1.54) is 0 Å². The fourth-order valence-corrected chi connectivity index (χ4v) is 1.66. The molecule has 0 radical (unpaired) electrons. The summed E-state index contributed by atoms with van der Waals surface area (Å²) in [6, 6.07) is 0. The maximum atomic E-state index is 11.1. The first kappa shape index (κ1) is 9.58. The van der Waals surface area contributed by atoms with E-state index in [0.29, 0.717) is 5.71 Å². The third kappa shape index (κ3) is 1.66. The van der Waals surface area contributed by atoms with Crippen molar-refractivity contribution >= 4 is 17.6 Å². The van der Waals surface area contributed by atoms with E-state index in [4.69, 9.17) is 5.11 Å². The van der Waals surface area contributed by atoms with Gasteiger partial charge in [-0.25, -0.2) is 9.79 Å². The quantitative estimate of drug-likeness (QED) is 0.694. The highest BCUT2D eigenvalue weighted by Crippen LogP contribution is 2.25. The Bertz CT molecular complexity index is 466. The van der Waals surface area contributed by atoms with E-state index in [-0.39, 0.29) is 11.5 Å². The Hall–Kier alpha value is -1.97. The molecule has 4 nitrogen and oxygen atoms in total. The van der Waals surface area contributed by atoms with Crippen LogP contribution in [0.2, 0.25) is 0 Å². The molecule has 0 aromatic rings. The summed E-state index contributed by atoms with van der Waals surface area (Å²) in [6.45, 7) is 1.88. The van der Waals surface area contributed by atoms with Crippen LogP contribution in [0.25, 0.3) is 0 Å². The number of aliphatic imine (C=N–C) groups is 1. The predicted octanol–water partition coefficient (Wildman–Crippen LogP) is 1.11. The SMILES string of the molecule is CC1=CC2C(C(=O)O)=CC(=O)N=C2C=C1. The van der Waals surface area contributed by atoms with Crippen LogP contribution in [0, 0.1) is 5.92 Å². The predicted molar refractivity (Wildman–Crippen MR) is 54.5 cm³/mol. The van der Waals surface area contributed by atoms with Gasteiger partial charge in [-0.2, -0.15) is 0 Å². The monoisotopic (exact) mass is 203 g/mol. The van der Waals surface area contributed by atoms with Crippen LogP contribution < -0.4 is 0 Å². The summed E-state index contributed by atoms with van der Waals surface area (Å²) in [5.74, 6) is -1.96. The van der Waals surface area contributed by atoms with Crippen LogP contribution in [0.4, 0.5) is 0 Å². The molecule has 0 fully saturated rings. The Morgan fingerprint density at radius 2 is 2.20 bits per heavy atom. The fraction of sp³-hybridized carbons (Fsp3) is 0.182. The number of carboxylic acids is 1. The lowest BCUT2D eigenvalue weighted by Crippen LogP contribution is -2.25. The van der Waals surface area contributed by atoms with Gasteiger partial charge in [0, 0.05) is 6.08 Å². The van der Waals surface area contributed by atoms with Crippen molar-refractivity contribution in [2.45, 2.75) is 6.92 Å². The summed E-state index contributed by atoms with van der Waals surface area (Å²) < 4.78 is 0. The van der Waals surface area contributed by atoms with Gasteiger partial charge in [0.15, 0.2) is 0 Å². The Balaban J connectivity index is 2.48. The Labute approximate surface area is 86.3 Å². The molecule has 1 N–H and O–H groups in total. The van der Waals surface area contributed by atoms with Crippen molar-refractivity contribution in [2.24, 2.45) is 10.9 Å². The largest absolute Gasteiger partial charge is 0.478 e. The van der Waals surface area contributed by atoms with E-state index < -0.39 is 11.9 Å². The van der Waals surface area contributed by atoms with Crippen molar-refractivity contribution in [3.05, 3.63) is 35.5 Å². The molecule has 2 rings (SSSR count). The van der Waals surface area contributed by atoms with Crippen LogP contribution in [0.1, 0.15) is 6.92 Å². The van der Waals surface area contributed by atoms with E-state index in [0.717, 1.165) is 11.6 Å². The molecule has 0 aromatic heterocycles. The standard InChI is InChI=1S/C11H9NO3/c1-6-2-3-9-7(4-6)8(11(14)15)5-10(13)12-9/h2-5,7H,1H3,(H,14,15). The third-order valence-electron chi connectivity index (χ3n) is 2.37. The molecule has 0 spiro atoms. The van der Waals surface area contributed by atoms with Crippen molar-refractivity contribution in [1.82, 2.24) is 0 Å². The van der Waals surface area contributed by atoms with Crippen LogP contribution in [0.5, 0.6) is 0 Å². The van der Waals surface area contributed by atoms with Crippen molar-refractivity contribution < 1.29 is 14.7 Å². The number of aliphatic carboxylic acids is 1. The van der Waals surface area contributed by atoms with Crippen molar-refractivity contribution in [1.29, 1.82) is 0 Å². The molecule has 0 aromatic carbocycles. The van der Waals surface area contributed by atoms with Crippen LogP contribution in [0.3, 0.4) is 0 Å². The van der Waals surface area contributed by atoms with Crippen molar-refractivity contribution in [3.8, 4) is 0 Å². The molecular weight excluding hydrogens is 194 g/mol. The minimum Gasteiger partial charge on any atom is -0.478 e. The molecule has 2 aliphatic rings. The number of hydrogen-bond donors (Lipinski definition) is 1. The molecule has 76 valence electrons. The summed E-state index contributed by atoms with van der Waals surface area (Å²) in [7, 11) is 0. The van der Waals surface area contributed by atoms with Gasteiger partial charge in [0.1, 0.15) is 0 Å². The van der Waals surface area contributed by atoms with Crippen LogP contribution in [-0.4, -0.2) is 22.7 Å². The molecule has 4 heteroatoms. The molecule has 15 heavy (non-hydrogen) atoms. The summed E-state index contributed by atoms with van der Waals surface area (Å²) in [6.07, 6.45) is 6.38. The maximum absolute atomic E-state index is 11.1. The van der Waals surface area contributed by atoms with Gasteiger partial charge in [0.2, 0.25) is 0 Å². The number of dihydropyridines is 1. The third-order valence-corrected chi connectivity index (χ3v) is 2.37. The summed E-state index contributed by atoms with van der Waals surface area (Å²) in [5, 5.41) is 8.95. The second kappa shape index (κ2) is 3.31. The topological polar surface area (TPSA) is 66.7 Å². The highest BCUT2D eigenvalue weighted by Gasteiger charge is 2.28. The zero-order valence-corrected chi connectivity index (χ0v) is 8.10. The lowest BCUT2D eigenvalue weighted by molar-refractivity contribution is -0.133. The molecular formula is C11H9NO3. The highest BCUT2D eigenvalue weighted by molar-refractivity contribution is 6.17. The minimum atomic E-state index is -1.07. The summed E-state index contributed by atoms with van der Waals surface area (Å²) >= 11 is 0. The second-order valence-electron chi connectivity index (χ2n) is 3.50. The Morgan fingerprint density at radius 1 is 1.47 bits per heavy atom. The van der Waals surface area contributed by atoms with Gasteiger partial charge in [-0.05, 0) is 13.0 Å². The number of carbonyl (C=O) groups is 2. The molecule has 1 amide bonds. The van der Waals surface area contributed by atoms with Gasteiger partial charge in [-0.3, -0.25) is 4.79 Å². The second-order valence-corrected chi connectivity index (χ2v) is 3.50. The number of nitrogens with zero attached hydrogens (tertiary/aromatic N) is 1. The number of carboxylic acid groups (broad SMARTS) is 1. The van der Waals surface area contributed by atoms with Gasteiger partial charge in [0.25, 0.3) is 5.91 Å². The molecule has 1 aliphatic heterocycles. The maximum Gasteiger partial charge on any atom is 0.332 e. The normalized spacial score (nSPS) is 23.9. The number of rotatable bonds is 1. The van der Waals surface area contributed by atoms with Gasteiger partial charge in [0.05, 0.1) is 17.2 Å². The van der Waals surface area contributed by atoms with Crippen molar-refractivity contribution in [3.63, 3.8) is 0 Å². The molecule has 0 saturated carbocycles. The number of fused-ring (bicyclic) bond motifs is 1. The van der Waals surface area contributed by atoms with Gasteiger partial charge < -0.3 is 5.11 Å². The smallest absolute Gasteiger partial charge is 0.332 e. The molecule has 1 heterocycles. The average molecular weight is 203 g/mol. The number of allylic oxidation sites excluding steroid dienone is 4. The molecule has 0 bridgehead atoms. The van der Waals surface area contributed by atoms with Gasteiger partial charge >= 0.3 is 5.97 Å². The Kier molecular flexibility index (Phi) is 2.11. The van der Waals surface area contributed by atoms with Crippen LogP contribution >= 0.6 is 0 Å². The lowest BCUT2D eigenvalue weighted by atomic mass is 9.86. The summed E-state index contributed by atoms with van der Waals surface area (Å²) in [4.78, 5) is 25.8. The number of hydrogen-bond acceptors (Lipinski definition) is 2. The van der Waals surface area contributed by atoms with Gasteiger partial charge in [-0.1, -0.05) is 17.7 Å². The minimum absolute atomic E-state index is 0.0914. The molecule has 1 atom stereocenters. The van der Waals surface area contributed by atoms with E-state index in [1.807, 2.05) is 13.0 Å².